The monoisotopic (exact) mass is 284 g/mol. The van der Waals surface area contributed by atoms with E-state index < -0.39 is 16.7 Å². The molecule has 0 saturated carbocycles. The van der Waals surface area contributed by atoms with Gasteiger partial charge in [0.05, 0.1) is 18.7 Å². The van der Waals surface area contributed by atoms with Gasteiger partial charge in [-0.3, -0.25) is 0 Å². The predicted molar refractivity (Wildman–Crippen MR) is 68.7 cm³/mol. The molecule has 1 aromatic carbocycles. The van der Waals surface area contributed by atoms with Crippen molar-refractivity contribution in [2.45, 2.75) is 19.1 Å². The van der Waals surface area contributed by atoms with E-state index in [0.29, 0.717) is 23.7 Å². The Hall–Kier alpha value is -1.43. The second-order valence-corrected chi connectivity index (χ2v) is 5.15. The van der Waals surface area contributed by atoms with Gasteiger partial charge in [0.15, 0.2) is 0 Å². The van der Waals surface area contributed by atoms with Crippen molar-refractivity contribution in [3.63, 3.8) is 0 Å². The summed E-state index contributed by atoms with van der Waals surface area (Å²) in [4.78, 5) is 23.6. The fourth-order valence-electron chi connectivity index (χ4n) is 2.52. The molecule has 1 fully saturated rings. The van der Waals surface area contributed by atoms with Crippen molar-refractivity contribution in [2.24, 2.45) is 0 Å². The van der Waals surface area contributed by atoms with Gasteiger partial charge in [-0.2, -0.15) is 0 Å². The van der Waals surface area contributed by atoms with Crippen LogP contribution in [0.5, 0.6) is 0 Å². The molecule has 0 aromatic heterocycles. The molecule has 0 bridgehead atoms. The number of benzene rings is 1. The molecule has 1 saturated heterocycles. The minimum Gasteiger partial charge on any atom is -0.475 e. The average Bonchev–Trinajstić information content (AvgIpc) is 2.88. The Bertz CT molecular complexity index is 494. The minimum atomic E-state index is -1.72. The maximum absolute atomic E-state index is 12.5. The van der Waals surface area contributed by atoms with E-state index in [1.54, 1.807) is 24.3 Å². The van der Waals surface area contributed by atoms with Crippen molar-refractivity contribution in [3.05, 3.63) is 34.9 Å². The number of aliphatic carboxylic acids is 1. The van der Waals surface area contributed by atoms with Crippen LogP contribution in [-0.4, -0.2) is 45.9 Å². The molecular formula is C13H15ClNO4+. The summed E-state index contributed by atoms with van der Waals surface area (Å²) in [7, 11) is 0. The predicted octanol–water partition coefficient (Wildman–Crippen LogP) is 1.49. The average molecular weight is 285 g/mol. The lowest BCUT2D eigenvalue weighted by molar-refractivity contribution is -0.876. The van der Waals surface area contributed by atoms with Gasteiger partial charge in [-0.05, 0) is 24.3 Å². The summed E-state index contributed by atoms with van der Waals surface area (Å²) in [6.45, 7) is 0.684. The van der Waals surface area contributed by atoms with Crippen molar-refractivity contribution in [3.8, 4) is 0 Å². The summed E-state index contributed by atoms with van der Waals surface area (Å²) < 4.78 is -0.434. The summed E-state index contributed by atoms with van der Waals surface area (Å²) >= 11 is 5.76. The number of nitrogens with zero attached hydrogens (tertiary/aromatic N) is 1. The van der Waals surface area contributed by atoms with Crippen LogP contribution in [0.25, 0.3) is 0 Å². The smallest absolute Gasteiger partial charge is 0.392 e. The molecule has 1 amide bonds. The number of quaternary nitrogens is 1. The van der Waals surface area contributed by atoms with Gasteiger partial charge in [-0.25, -0.2) is 14.1 Å². The molecule has 1 atom stereocenters. The molecule has 0 spiro atoms. The lowest BCUT2D eigenvalue weighted by Crippen LogP contribution is -2.60. The van der Waals surface area contributed by atoms with Crippen molar-refractivity contribution in [1.82, 2.24) is 0 Å². The number of aliphatic hydroxyl groups excluding tert-OH is 1. The number of aliphatic hydroxyl groups is 1. The van der Waals surface area contributed by atoms with Crippen LogP contribution >= 0.6 is 11.6 Å². The number of likely N-dealkylation sites (tertiary alicyclic amines) is 1. The molecule has 6 heteroatoms. The topological polar surface area (TPSA) is 74.6 Å². The zero-order valence-corrected chi connectivity index (χ0v) is 11.0. The number of carbonyl (C=O) groups is 2. The SMILES string of the molecule is O=C(O)C(O)[N+]1(C(=O)c2ccc(Cl)cc2)CCCC1. The van der Waals surface area contributed by atoms with Crippen LogP contribution in [0.3, 0.4) is 0 Å². The number of halogens is 1. The van der Waals surface area contributed by atoms with Gasteiger partial charge in [0.2, 0.25) is 0 Å². The molecule has 1 unspecified atom stereocenters. The molecule has 2 N–H and O–H groups in total. The number of carbonyl (C=O) groups excluding carboxylic acids is 1. The summed E-state index contributed by atoms with van der Waals surface area (Å²) in [5.41, 5.74) is 0.367. The summed E-state index contributed by atoms with van der Waals surface area (Å²) in [5, 5.41) is 19.4. The maximum Gasteiger partial charge on any atom is 0.392 e. The van der Waals surface area contributed by atoms with E-state index in [1.807, 2.05) is 0 Å². The normalized spacial score (nSPS) is 19.1. The lowest BCUT2D eigenvalue weighted by atomic mass is 10.1. The van der Waals surface area contributed by atoms with E-state index in [4.69, 9.17) is 16.7 Å². The quantitative estimate of drug-likeness (QED) is 0.825. The highest BCUT2D eigenvalue weighted by Crippen LogP contribution is 2.27. The second kappa shape index (κ2) is 5.28. The highest BCUT2D eigenvalue weighted by Gasteiger charge is 2.50. The van der Waals surface area contributed by atoms with Crippen LogP contribution in [0.2, 0.25) is 5.02 Å². The van der Waals surface area contributed by atoms with E-state index in [9.17, 15) is 14.7 Å². The lowest BCUT2D eigenvalue weighted by Gasteiger charge is -2.33. The summed E-state index contributed by atoms with van der Waals surface area (Å²) in [6, 6.07) is 6.26. The first-order valence-corrected chi connectivity index (χ1v) is 6.43. The Balaban J connectivity index is 2.36. The van der Waals surface area contributed by atoms with Crippen LogP contribution in [0.15, 0.2) is 24.3 Å². The molecule has 19 heavy (non-hydrogen) atoms. The fourth-order valence-corrected chi connectivity index (χ4v) is 2.65. The molecule has 0 aliphatic carbocycles. The number of hydrogen-bond acceptors (Lipinski definition) is 3. The van der Waals surface area contributed by atoms with Crippen molar-refractivity contribution >= 4 is 23.5 Å². The van der Waals surface area contributed by atoms with Crippen LogP contribution in [0.1, 0.15) is 23.2 Å². The number of carboxylic acid groups (broad SMARTS) is 1. The number of hydrogen-bond donors (Lipinski definition) is 2. The largest absolute Gasteiger partial charge is 0.475 e. The van der Waals surface area contributed by atoms with Crippen LogP contribution in [0, 0.1) is 0 Å². The first kappa shape index (κ1) is 14.0. The number of rotatable bonds is 3. The zero-order chi connectivity index (χ0) is 14.0. The van der Waals surface area contributed by atoms with Gasteiger partial charge in [-0.15, -0.1) is 0 Å². The van der Waals surface area contributed by atoms with E-state index in [-0.39, 0.29) is 5.91 Å². The Morgan fingerprint density at radius 2 is 1.68 bits per heavy atom. The highest BCUT2D eigenvalue weighted by molar-refractivity contribution is 6.30. The van der Waals surface area contributed by atoms with Crippen molar-refractivity contribution < 1.29 is 24.3 Å². The van der Waals surface area contributed by atoms with Gasteiger partial charge in [0.25, 0.3) is 6.23 Å². The van der Waals surface area contributed by atoms with E-state index in [0.717, 1.165) is 12.8 Å². The molecule has 1 heterocycles. The number of carboxylic acids is 1. The van der Waals surface area contributed by atoms with E-state index in [1.165, 1.54) is 0 Å². The summed E-state index contributed by atoms with van der Waals surface area (Å²) in [5.74, 6) is -1.74. The number of amides is 1. The standard InChI is InChI=1S/C13H14ClNO4/c14-10-5-3-9(4-6-10)11(16)15(7-1-2-8-15)12(17)13(18)19/h3-6,12,17H,1-2,7-8H2/p+1. The van der Waals surface area contributed by atoms with Crippen molar-refractivity contribution in [1.29, 1.82) is 0 Å². The highest BCUT2D eigenvalue weighted by atomic mass is 35.5. The van der Waals surface area contributed by atoms with Crippen LogP contribution in [-0.2, 0) is 4.79 Å². The van der Waals surface area contributed by atoms with Gasteiger partial charge < -0.3 is 10.2 Å². The molecule has 1 aliphatic heterocycles. The Kier molecular flexibility index (Phi) is 3.89. The van der Waals surface area contributed by atoms with Crippen LogP contribution < -0.4 is 0 Å². The molecular weight excluding hydrogens is 270 g/mol. The first-order chi connectivity index (χ1) is 8.97. The third-order valence-corrected chi connectivity index (χ3v) is 3.80. The fraction of sp³-hybridized carbons (Fsp3) is 0.385. The molecule has 1 aromatic rings. The summed E-state index contributed by atoms with van der Waals surface area (Å²) in [6.07, 6.45) is -0.265. The minimum absolute atomic E-state index is 0.342. The van der Waals surface area contributed by atoms with E-state index >= 15 is 0 Å². The zero-order valence-electron chi connectivity index (χ0n) is 10.3. The third kappa shape index (κ3) is 2.49. The Labute approximate surface area is 115 Å². The first-order valence-electron chi connectivity index (χ1n) is 6.05. The van der Waals surface area contributed by atoms with Gasteiger partial charge in [-0.1, -0.05) is 11.6 Å². The third-order valence-electron chi connectivity index (χ3n) is 3.55. The van der Waals surface area contributed by atoms with Gasteiger partial charge in [0, 0.05) is 17.9 Å². The Morgan fingerprint density at radius 1 is 1.16 bits per heavy atom. The molecule has 0 radical (unpaired) electrons. The van der Waals surface area contributed by atoms with Gasteiger partial charge in [0.1, 0.15) is 0 Å². The van der Waals surface area contributed by atoms with Gasteiger partial charge >= 0.3 is 11.9 Å². The van der Waals surface area contributed by atoms with Crippen molar-refractivity contribution in [2.75, 3.05) is 13.1 Å². The molecule has 5 nitrogen and oxygen atoms in total. The second-order valence-electron chi connectivity index (χ2n) is 4.71. The molecule has 102 valence electrons. The maximum atomic E-state index is 12.5. The van der Waals surface area contributed by atoms with E-state index in [2.05, 4.69) is 0 Å². The van der Waals surface area contributed by atoms with Crippen LogP contribution in [0.4, 0.5) is 0 Å². The Morgan fingerprint density at radius 3 is 2.16 bits per heavy atom. The molecule has 2 rings (SSSR count). The molecule has 1 aliphatic rings.